The molecule has 192 valence electrons. The Balaban J connectivity index is 2.43. The Hall–Kier alpha value is -2.07. The van der Waals surface area contributed by atoms with Gasteiger partial charge in [0.1, 0.15) is 18.4 Å². The van der Waals surface area contributed by atoms with E-state index < -0.39 is 40.2 Å². The summed E-state index contributed by atoms with van der Waals surface area (Å²) in [5.74, 6) is -1.35. The highest BCUT2D eigenvalue weighted by Crippen LogP contribution is 2.35. The van der Waals surface area contributed by atoms with Gasteiger partial charge in [0.05, 0.1) is 27.0 Å². The van der Waals surface area contributed by atoms with E-state index in [0.29, 0.717) is 12.1 Å². The third kappa shape index (κ3) is 8.24. The number of benzene rings is 2. The fourth-order valence-electron chi connectivity index (χ4n) is 3.12. The van der Waals surface area contributed by atoms with Crippen molar-refractivity contribution in [1.29, 1.82) is 0 Å². The molecule has 0 bridgehead atoms. The minimum absolute atomic E-state index is 0.0227. The third-order valence-electron chi connectivity index (χ3n) is 5.06. The van der Waals surface area contributed by atoms with Gasteiger partial charge in [0.25, 0.3) is 0 Å². The molecule has 2 aromatic rings. The topological polar surface area (TPSA) is 86.8 Å². The Kier molecular flexibility index (Phi) is 10.2. The van der Waals surface area contributed by atoms with Crippen molar-refractivity contribution in [3.05, 3.63) is 62.8 Å². The van der Waals surface area contributed by atoms with Crippen LogP contribution in [-0.4, -0.2) is 50.5 Å². The normalized spacial score (nSPS) is 12.4. The Morgan fingerprint density at radius 1 is 1.00 bits per heavy atom. The van der Waals surface area contributed by atoms with Crippen molar-refractivity contribution in [3.8, 4) is 0 Å². The Morgan fingerprint density at radius 2 is 1.57 bits per heavy atom. The van der Waals surface area contributed by atoms with Crippen LogP contribution in [0.4, 0.5) is 10.1 Å². The number of nitrogens with zero attached hydrogens (tertiary/aromatic N) is 2. The molecule has 7 nitrogen and oxygen atoms in total. The number of carbonyl (C=O) groups is 2. The van der Waals surface area contributed by atoms with Crippen molar-refractivity contribution in [3.63, 3.8) is 0 Å². The second-order valence-electron chi connectivity index (χ2n) is 8.45. The molecule has 0 aliphatic rings. The Labute approximate surface area is 220 Å². The molecule has 35 heavy (non-hydrogen) atoms. The van der Waals surface area contributed by atoms with Crippen molar-refractivity contribution >= 4 is 62.3 Å². The number of halogens is 4. The van der Waals surface area contributed by atoms with Gasteiger partial charge in [0.15, 0.2) is 0 Å². The summed E-state index contributed by atoms with van der Waals surface area (Å²) in [6, 6.07) is 7.03. The van der Waals surface area contributed by atoms with Gasteiger partial charge in [-0.3, -0.25) is 13.9 Å². The highest BCUT2D eigenvalue weighted by molar-refractivity contribution is 7.92. The van der Waals surface area contributed by atoms with E-state index in [-0.39, 0.29) is 33.2 Å². The summed E-state index contributed by atoms with van der Waals surface area (Å²) < 4.78 is 39.4. The smallest absolute Gasteiger partial charge is 0.244 e. The predicted molar refractivity (Wildman–Crippen MR) is 138 cm³/mol. The molecule has 0 aliphatic carbocycles. The lowest BCUT2D eigenvalue weighted by Crippen LogP contribution is -2.51. The van der Waals surface area contributed by atoms with Gasteiger partial charge in [-0.15, -0.1) is 0 Å². The maximum Gasteiger partial charge on any atom is 0.244 e. The zero-order valence-corrected chi connectivity index (χ0v) is 22.8. The molecule has 1 N–H and O–H groups in total. The van der Waals surface area contributed by atoms with Crippen molar-refractivity contribution in [2.24, 2.45) is 5.92 Å². The molecule has 0 aliphatic heterocycles. The molecule has 0 heterocycles. The molecule has 2 rings (SSSR count). The number of hydrogen-bond donors (Lipinski definition) is 1. The first-order valence-electron chi connectivity index (χ1n) is 10.6. The van der Waals surface area contributed by atoms with Gasteiger partial charge in [-0.2, -0.15) is 0 Å². The SMILES string of the molecule is CC(C)CNC(=O)C(C)N(Cc1ccc(F)cc1)C(=O)CN(c1cc(Cl)c(Cl)cc1Cl)S(C)(=O)=O. The Morgan fingerprint density at radius 3 is 2.11 bits per heavy atom. The van der Waals surface area contributed by atoms with Crippen molar-refractivity contribution in [2.75, 3.05) is 23.7 Å². The van der Waals surface area contributed by atoms with Crippen LogP contribution in [0.3, 0.4) is 0 Å². The first kappa shape index (κ1) is 29.2. The molecule has 0 spiro atoms. The van der Waals surface area contributed by atoms with Crippen LogP contribution in [-0.2, 0) is 26.2 Å². The van der Waals surface area contributed by atoms with E-state index in [2.05, 4.69) is 5.32 Å². The zero-order valence-electron chi connectivity index (χ0n) is 19.7. The van der Waals surface area contributed by atoms with Gasteiger partial charge in [0, 0.05) is 13.1 Å². The van der Waals surface area contributed by atoms with Crippen LogP contribution in [0, 0.1) is 11.7 Å². The summed E-state index contributed by atoms with van der Waals surface area (Å²) in [6.45, 7) is 5.08. The molecular formula is C23H27Cl3FN3O4S. The summed E-state index contributed by atoms with van der Waals surface area (Å²) in [7, 11) is -4.00. The van der Waals surface area contributed by atoms with Crippen molar-refractivity contribution in [1.82, 2.24) is 10.2 Å². The molecule has 2 amide bonds. The summed E-state index contributed by atoms with van der Waals surface area (Å²) in [6.07, 6.45) is 0.919. The number of hydrogen-bond acceptors (Lipinski definition) is 4. The second kappa shape index (κ2) is 12.3. The molecule has 0 radical (unpaired) electrons. The van der Waals surface area contributed by atoms with Crippen LogP contribution in [0.5, 0.6) is 0 Å². The third-order valence-corrected chi connectivity index (χ3v) is 7.21. The minimum atomic E-state index is -4.00. The minimum Gasteiger partial charge on any atom is -0.354 e. The van der Waals surface area contributed by atoms with Gasteiger partial charge in [-0.25, -0.2) is 12.8 Å². The van der Waals surface area contributed by atoms with E-state index in [4.69, 9.17) is 34.8 Å². The van der Waals surface area contributed by atoms with Gasteiger partial charge in [-0.05, 0) is 42.7 Å². The maximum absolute atomic E-state index is 13.5. The molecule has 2 aromatic carbocycles. The number of sulfonamides is 1. The lowest BCUT2D eigenvalue weighted by atomic mass is 10.1. The summed E-state index contributed by atoms with van der Waals surface area (Å²) in [5, 5.41) is 2.92. The molecule has 1 unspecified atom stereocenters. The monoisotopic (exact) mass is 565 g/mol. The van der Waals surface area contributed by atoms with E-state index >= 15 is 0 Å². The van der Waals surface area contributed by atoms with Crippen LogP contribution in [0.25, 0.3) is 0 Å². The van der Waals surface area contributed by atoms with Gasteiger partial charge < -0.3 is 10.2 Å². The first-order valence-corrected chi connectivity index (χ1v) is 13.6. The van der Waals surface area contributed by atoms with Crippen LogP contribution in [0.2, 0.25) is 15.1 Å². The summed E-state index contributed by atoms with van der Waals surface area (Å²) in [5.41, 5.74) is 0.525. The van der Waals surface area contributed by atoms with Crippen LogP contribution in [0.1, 0.15) is 26.3 Å². The van der Waals surface area contributed by atoms with Gasteiger partial charge >= 0.3 is 0 Å². The molecule has 12 heteroatoms. The van der Waals surface area contributed by atoms with Crippen LogP contribution in [0.15, 0.2) is 36.4 Å². The standard InChI is InChI=1S/C23H27Cl3FN3O4S/c1-14(2)11-28-23(32)15(3)29(12-16-5-7-17(27)8-6-16)22(31)13-30(35(4,33)34)21-10-19(25)18(24)9-20(21)26/h5-10,14-15H,11-13H2,1-4H3,(H,28,32). The van der Waals surface area contributed by atoms with Crippen molar-refractivity contribution in [2.45, 2.75) is 33.4 Å². The summed E-state index contributed by atoms with van der Waals surface area (Å²) >= 11 is 18.2. The molecule has 0 aromatic heterocycles. The Bertz CT molecular complexity index is 1180. The highest BCUT2D eigenvalue weighted by Gasteiger charge is 2.31. The lowest BCUT2D eigenvalue weighted by molar-refractivity contribution is -0.139. The van der Waals surface area contributed by atoms with Crippen LogP contribution < -0.4 is 9.62 Å². The van der Waals surface area contributed by atoms with Gasteiger partial charge in [-0.1, -0.05) is 60.8 Å². The fraction of sp³-hybridized carbons (Fsp3) is 0.391. The number of rotatable bonds is 10. The molecular weight excluding hydrogens is 540 g/mol. The second-order valence-corrected chi connectivity index (χ2v) is 11.6. The molecule has 1 atom stereocenters. The van der Waals surface area contributed by atoms with E-state index in [0.717, 1.165) is 10.6 Å². The average Bonchev–Trinajstić information content (AvgIpc) is 2.76. The van der Waals surface area contributed by atoms with Gasteiger partial charge in [0.2, 0.25) is 21.8 Å². The lowest BCUT2D eigenvalue weighted by Gasteiger charge is -2.32. The largest absolute Gasteiger partial charge is 0.354 e. The molecule has 0 saturated carbocycles. The molecule has 0 saturated heterocycles. The van der Waals surface area contributed by atoms with E-state index in [1.165, 1.54) is 48.2 Å². The summed E-state index contributed by atoms with van der Waals surface area (Å²) in [4.78, 5) is 27.5. The van der Waals surface area contributed by atoms with E-state index in [9.17, 15) is 22.4 Å². The number of anilines is 1. The first-order chi connectivity index (χ1) is 16.2. The van der Waals surface area contributed by atoms with Crippen LogP contribution >= 0.6 is 34.8 Å². The number of nitrogens with one attached hydrogen (secondary N) is 1. The number of carbonyl (C=O) groups excluding carboxylic acids is 2. The molecule has 0 fully saturated rings. The zero-order chi connectivity index (χ0) is 26.5. The number of amides is 2. The maximum atomic E-state index is 13.5. The predicted octanol–water partition coefficient (Wildman–Crippen LogP) is 4.74. The highest BCUT2D eigenvalue weighted by atomic mass is 35.5. The van der Waals surface area contributed by atoms with E-state index in [1.54, 1.807) is 0 Å². The average molecular weight is 567 g/mol. The van der Waals surface area contributed by atoms with E-state index in [1.807, 2.05) is 13.8 Å². The van der Waals surface area contributed by atoms with Crippen molar-refractivity contribution < 1.29 is 22.4 Å². The fourth-order valence-corrected chi connectivity index (χ4v) is 4.67. The quantitative estimate of drug-likeness (QED) is 0.421.